The van der Waals surface area contributed by atoms with Gasteiger partial charge in [-0.05, 0) is 12.8 Å². The fourth-order valence-electron chi connectivity index (χ4n) is 0.759. The number of rotatable bonds is 0. The Morgan fingerprint density at radius 3 is 1.83 bits per heavy atom. The Hall–Kier alpha value is 0.160. The Morgan fingerprint density at radius 1 is 1.17 bits per heavy atom. The van der Waals surface area contributed by atoms with Crippen molar-refractivity contribution in [1.29, 1.82) is 0 Å². The summed E-state index contributed by atoms with van der Waals surface area (Å²) in [6.45, 7) is 0. The highest BCUT2D eigenvalue weighted by atomic mass is 35.5. The first kappa shape index (κ1) is 4.32. The van der Waals surface area contributed by atoms with Crippen LogP contribution in [-0.4, -0.2) is 0 Å². The van der Waals surface area contributed by atoms with Gasteiger partial charge in [0.2, 0.25) is 0 Å². The Balaban J connectivity index is 2.18. The van der Waals surface area contributed by atoms with Crippen molar-refractivity contribution >= 4 is 11.6 Å². The van der Waals surface area contributed by atoms with Gasteiger partial charge in [-0.1, -0.05) is 0 Å². The summed E-state index contributed by atoms with van der Waals surface area (Å²) >= 11 is 5.63. The van der Waals surface area contributed by atoms with Crippen molar-refractivity contribution in [3.8, 4) is 0 Å². The van der Waals surface area contributed by atoms with Crippen LogP contribution in [0.25, 0.3) is 0 Å². The molecule has 0 bridgehead atoms. The van der Waals surface area contributed by atoms with E-state index in [9.17, 15) is 0 Å². The Morgan fingerprint density at radius 2 is 1.67 bits per heavy atom. The normalized spacial score (nSPS) is 22.5. The van der Waals surface area contributed by atoms with Crippen LogP contribution >= 0.6 is 11.6 Å². The molecule has 0 saturated heterocycles. The Bertz CT molecular complexity index is 37.2. The van der Waals surface area contributed by atoms with Crippen LogP contribution in [-0.2, 0) is 0 Å². The third kappa shape index (κ3) is 0.810. The summed E-state index contributed by atoms with van der Waals surface area (Å²) in [5.41, 5.74) is 0. The van der Waals surface area contributed by atoms with Crippen LogP contribution < -0.4 is 0 Å². The molecule has 0 nitrogen and oxygen atoms in total. The Kier molecular flexibility index (Phi) is 1.25. The molecular weight excluding hydrogens is 95.5 g/mol. The second-order valence-electron chi connectivity index (χ2n) is 1.72. The molecule has 1 heteroatoms. The molecule has 1 aliphatic carbocycles. The molecule has 0 aromatic carbocycles. The summed E-state index contributed by atoms with van der Waals surface area (Å²) in [5, 5.41) is 1.18. The second-order valence-corrected chi connectivity index (χ2v) is 2.26. The van der Waals surface area contributed by atoms with Gasteiger partial charge in [0.1, 0.15) is 24.4 Å². The molecule has 0 N–H and O–H groups in total. The zero-order chi connectivity index (χ0) is 4.41. The van der Waals surface area contributed by atoms with Gasteiger partial charge < -0.3 is 0 Å². The van der Waals surface area contributed by atoms with Gasteiger partial charge >= 0.3 is 0 Å². The van der Waals surface area contributed by atoms with Crippen LogP contribution in [0.15, 0.2) is 0 Å². The zero-order valence-corrected chi connectivity index (χ0v) is 4.46. The van der Waals surface area contributed by atoms with Crippen molar-refractivity contribution in [3.63, 3.8) is 0 Å². The molecule has 0 aromatic rings. The molecule has 6 heavy (non-hydrogen) atoms. The molecule has 0 radical (unpaired) electrons. The first-order valence-corrected chi connectivity index (χ1v) is 2.77. The first-order valence-electron chi connectivity index (χ1n) is 2.40. The lowest BCUT2D eigenvalue weighted by molar-refractivity contribution is 0.886. The zero-order valence-electron chi connectivity index (χ0n) is 3.71. The van der Waals surface area contributed by atoms with Gasteiger partial charge in [-0.25, -0.2) is 0 Å². The van der Waals surface area contributed by atoms with Crippen molar-refractivity contribution in [2.24, 2.45) is 0 Å². The van der Waals surface area contributed by atoms with E-state index in [1.54, 1.807) is 0 Å². The van der Waals surface area contributed by atoms with Gasteiger partial charge in [-0.2, -0.15) is 0 Å². The third-order valence-electron chi connectivity index (χ3n) is 1.15. The molecule has 0 heterocycles. The molecule has 1 rings (SSSR count). The third-order valence-corrected chi connectivity index (χ3v) is 1.52. The van der Waals surface area contributed by atoms with E-state index in [2.05, 4.69) is 0 Å². The topological polar surface area (TPSA) is 0 Å². The minimum atomic E-state index is 1.17. The van der Waals surface area contributed by atoms with E-state index < -0.39 is 0 Å². The Labute approximate surface area is 43.5 Å². The van der Waals surface area contributed by atoms with Crippen LogP contribution in [0.3, 0.4) is 0 Å². The van der Waals surface area contributed by atoms with Crippen molar-refractivity contribution < 1.29 is 0 Å². The SMILES string of the molecule is Cl[C+]1CCCC1. The summed E-state index contributed by atoms with van der Waals surface area (Å²) in [7, 11) is 0. The van der Waals surface area contributed by atoms with E-state index in [0.29, 0.717) is 0 Å². The van der Waals surface area contributed by atoms with E-state index in [1.807, 2.05) is 0 Å². The molecule has 1 fully saturated rings. The maximum atomic E-state index is 5.63. The monoisotopic (exact) mass is 103 g/mol. The van der Waals surface area contributed by atoms with Gasteiger partial charge in [0.15, 0.2) is 5.38 Å². The van der Waals surface area contributed by atoms with Crippen molar-refractivity contribution in [1.82, 2.24) is 0 Å². The molecular formula is C5H8Cl+. The molecule has 1 aliphatic rings. The second kappa shape index (κ2) is 1.74. The quantitative estimate of drug-likeness (QED) is 0.413. The molecule has 0 aliphatic heterocycles. The lowest BCUT2D eigenvalue weighted by Gasteiger charge is -1.71. The minimum Gasteiger partial charge on any atom is -0.00651 e. The number of halogens is 1. The van der Waals surface area contributed by atoms with E-state index in [-0.39, 0.29) is 0 Å². The molecule has 0 atom stereocenters. The average Bonchev–Trinajstić information content (AvgIpc) is 1.86. The molecule has 34 valence electrons. The smallest absolute Gasteiger partial charge is 0.00651 e. The minimum absolute atomic E-state index is 1.17. The predicted octanol–water partition coefficient (Wildman–Crippen LogP) is 2.33. The standard InChI is InChI=1S/C5H8Cl/c6-5-3-1-2-4-5/h1-4H2/q+1. The van der Waals surface area contributed by atoms with E-state index in [4.69, 9.17) is 11.6 Å². The van der Waals surface area contributed by atoms with E-state index in [0.717, 1.165) is 0 Å². The average molecular weight is 104 g/mol. The fraction of sp³-hybridized carbons (Fsp3) is 0.800. The van der Waals surface area contributed by atoms with Gasteiger partial charge in [0, 0.05) is 0 Å². The van der Waals surface area contributed by atoms with E-state index >= 15 is 0 Å². The van der Waals surface area contributed by atoms with Gasteiger partial charge in [0.05, 0.1) is 0 Å². The summed E-state index contributed by atoms with van der Waals surface area (Å²) < 4.78 is 0. The summed E-state index contributed by atoms with van der Waals surface area (Å²) in [4.78, 5) is 0. The largest absolute Gasteiger partial charge is 0.199 e. The lowest BCUT2D eigenvalue weighted by atomic mass is 10.4. The maximum absolute atomic E-state index is 5.63. The molecule has 0 amide bonds. The van der Waals surface area contributed by atoms with Gasteiger partial charge in [-0.15, -0.1) is 0 Å². The van der Waals surface area contributed by atoms with Gasteiger partial charge in [-0.3, -0.25) is 0 Å². The van der Waals surface area contributed by atoms with Crippen molar-refractivity contribution in [2.75, 3.05) is 0 Å². The van der Waals surface area contributed by atoms with Crippen LogP contribution in [0.1, 0.15) is 25.7 Å². The van der Waals surface area contributed by atoms with Crippen LogP contribution in [0.5, 0.6) is 0 Å². The van der Waals surface area contributed by atoms with E-state index in [1.165, 1.54) is 31.1 Å². The van der Waals surface area contributed by atoms with Crippen LogP contribution in [0, 0.1) is 5.38 Å². The van der Waals surface area contributed by atoms with Gasteiger partial charge in [0.25, 0.3) is 0 Å². The van der Waals surface area contributed by atoms with Crippen molar-refractivity contribution in [3.05, 3.63) is 5.38 Å². The van der Waals surface area contributed by atoms with Crippen LogP contribution in [0.2, 0.25) is 0 Å². The maximum Gasteiger partial charge on any atom is 0.199 e. The highest BCUT2D eigenvalue weighted by Gasteiger charge is 2.22. The highest BCUT2D eigenvalue weighted by molar-refractivity contribution is 6.26. The molecule has 0 aromatic heterocycles. The fourth-order valence-corrected chi connectivity index (χ4v) is 1.03. The summed E-state index contributed by atoms with van der Waals surface area (Å²) in [5.74, 6) is 0. The summed E-state index contributed by atoms with van der Waals surface area (Å²) in [6.07, 6.45) is 4.97. The van der Waals surface area contributed by atoms with Crippen LogP contribution in [0.4, 0.5) is 0 Å². The number of hydrogen-bond donors (Lipinski definition) is 0. The predicted molar refractivity (Wildman–Crippen MR) is 27.6 cm³/mol. The molecule has 0 spiro atoms. The summed E-state index contributed by atoms with van der Waals surface area (Å²) in [6, 6.07) is 0. The lowest BCUT2D eigenvalue weighted by Crippen LogP contribution is -1.69. The first-order chi connectivity index (χ1) is 2.89. The molecule has 0 unspecified atom stereocenters. The highest BCUT2D eigenvalue weighted by Crippen LogP contribution is 2.29. The van der Waals surface area contributed by atoms with Crippen molar-refractivity contribution in [2.45, 2.75) is 25.7 Å². The molecule has 1 saturated carbocycles. The number of hydrogen-bond acceptors (Lipinski definition) is 0.